The molecule has 0 aliphatic carbocycles. The molecule has 21 heavy (non-hydrogen) atoms. The minimum absolute atomic E-state index is 0.107. The summed E-state index contributed by atoms with van der Waals surface area (Å²) in [7, 11) is 0. The number of aliphatic hydroxyl groups is 2. The molecule has 2 rings (SSSR count). The van der Waals surface area contributed by atoms with Crippen molar-refractivity contribution in [3.63, 3.8) is 0 Å². The third kappa shape index (κ3) is 7.01. The maximum absolute atomic E-state index is 9.74. The van der Waals surface area contributed by atoms with Crippen LogP contribution in [-0.2, 0) is 23.7 Å². The van der Waals surface area contributed by atoms with E-state index in [2.05, 4.69) is 0 Å². The molecule has 0 saturated carbocycles. The molecule has 7 nitrogen and oxygen atoms in total. The van der Waals surface area contributed by atoms with E-state index in [9.17, 15) is 10.2 Å². The zero-order valence-electron chi connectivity index (χ0n) is 12.5. The van der Waals surface area contributed by atoms with Gasteiger partial charge in [0.15, 0.2) is 0 Å². The van der Waals surface area contributed by atoms with Crippen molar-refractivity contribution in [3.05, 3.63) is 0 Å². The first-order valence-electron chi connectivity index (χ1n) is 7.39. The molecular formula is C14H26O7. The number of hydrogen-bond acceptors (Lipinski definition) is 7. The third-order valence-electron chi connectivity index (χ3n) is 3.33. The molecule has 2 aliphatic heterocycles. The summed E-state index contributed by atoms with van der Waals surface area (Å²) in [5, 5.41) is 19.0. The van der Waals surface area contributed by atoms with Crippen molar-refractivity contribution >= 4 is 0 Å². The summed E-state index contributed by atoms with van der Waals surface area (Å²) in [5.74, 6) is 0. The molecule has 0 aromatic rings. The van der Waals surface area contributed by atoms with Crippen LogP contribution in [0.15, 0.2) is 0 Å². The highest BCUT2D eigenvalue weighted by atomic mass is 16.6. The molecule has 3 atom stereocenters. The molecule has 0 amide bonds. The average Bonchev–Trinajstić information content (AvgIpc) is 3.32. The highest BCUT2D eigenvalue weighted by Crippen LogP contribution is 2.21. The monoisotopic (exact) mass is 306 g/mol. The van der Waals surface area contributed by atoms with Gasteiger partial charge in [-0.25, -0.2) is 0 Å². The van der Waals surface area contributed by atoms with Crippen LogP contribution in [0.25, 0.3) is 0 Å². The Morgan fingerprint density at radius 2 is 1.52 bits per heavy atom. The molecule has 0 bridgehead atoms. The second-order valence-electron chi connectivity index (χ2n) is 5.96. The molecule has 0 spiro atoms. The summed E-state index contributed by atoms with van der Waals surface area (Å²) in [6.45, 7) is 5.20. The Hall–Kier alpha value is -0.280. The Labute approximate surface area is 125 Å². The summed E-state index contributed by atoms with van der Waals surface area (Å²) in [4.78, 5) is 0. The lowest BCUT2D eigenvalue weighted by molar-refractivity contribution is -0.103. The quantitative estimate of drug-likeness (QED) is 0.430. The molecule has 0 aromatic heterocycles. The van der Waals surface area contributed by atoms with E-state index in [1.807, 2.05) is 0 Å². The fraction of sp³-hybridized carbons (Fsp3) is 1.00. The molecule has 2 saturated heterocycles. The second-order valence-corrected chi connectivity index (χ2v) is 5.96. The van der Waals surface area contributed by atoms with E-state index in [0.29, 0.717) is 26.4 Å². The van der Waals surface area contributed by atoms with Gasteiger partial charge in [0.2, 0.25) is 0 Å². The van der Waals surface area contributed by atoms with E-state index in [1.165, 1.54) is 0 Å². The van der Waals surface area contributed by atoms with Gasteiger partial charge in [0, 0.05) is 0 Å². The zero-order valence-corrected chi connectivity index (χ0v) is 12.5. The predicted octanol–water partition coefficient (Wildman–Crippen LogP) is -0.807. The van der Waals surface area contributed by atoms with Crippen LogP contribution >= 0.6 is 0 Å². The number of rotatable bonds is 13. The van der Waals surface area contributed by atoms with Gasteiger partial charge in [-0.2, -0.15) is 0 Å². The number of hydrogen-bond donors (Lipinski definition) is 2. The van der Waals surface area contributed by atoms with Crippen molar-refractivity contribution < 1.29 is 33.9 Å². The van der Waals surface area contributed by atoms with Crippen LogP contribution in [0.1, 0.15) is 6.92 Å². The van der Waals surface area contributed by atoms with Gasteiger partial charge in [0.1, 0.15) is 12.2 Å². The van der Waals surface area contributed by atoms with Crippen LogP contribution in [-0.4, -0.2) is 88.0 Å². The molecule has 124 valence electrons. The van der Waals surface area contributed by atoms with Crippen molar-refractivity contribution in [2.75, 3.05) is 59.5 Å². The standard InChI is InChI=1S/C14H26O7/c1-11(16)2-17-8-14(7-15,9-18-3-12-5-20-12)10-19-4-13-6-21-13/h11-13,15-16H,2-10H2,1H3. The van der Waals surface area contributed by atoms with E-state index in [4.69, 9.17) is 23.7 Å². The fourth-order valence-corrected chi connectivity index (χ4v) is 1.85. The van der Waals surface area contributed by atoms with Gasteiger partial charge in [-0.3, -0.25) is 0 Å². The van der Waals surface area contributed by atoms with Gasteiger partial charge >= 0.3 is 0 Å². The summed E-state index contributed by atoms with van der Waals surface area (Å²) in [6.07, 6.45) is -0.177. The van der Waals surface area contributed by atoms with Crippen LogP contribution < -0.4 is 0 Å². The summed E-state index contributed by atoms with van der Waals surface area (Å²) >= 11 is 0. The molecular weight excluding hydrogens is 280 g/mol. The largest absolute Gasteiger partial charge is 0.396 e. The van der Waals surface area contributed by atoms with E-state index >= 15 is 0 Å². The Kier molecular flexibility index (Phi) is 6.81. The topological polar surface area (TPSA) is 93.2 Å². The first-order valence-corrected chi connectivity index (χ1v) is 7.39. The molecule has 2 aliphatic rings. The Morgan fingerprint density at radius 1 is 1.05 bits per heavy atom. The maximum Gasteiger partial charge on any atom is 0.104 e. The SMILES string of the molecule is CC(O)COCC(CO)(COCC1CO1)COCC1CO1. The number of epoxide rings is 2. The molecule has 2 N–H and O–H groups in total. The molecule has 2 heterocycles. The first-order chi connectivity index (χ1) is 10.1. The van der Waals surface area contributed by atoms with Gasteiger partial charge in [-0.05, 0) is 6.92 Å². The van der Waals surface area contributed by atoms with Crippen LogP contribution in [0, 0.1) is 5.41 Å². The van der Waals surface area contributed by atoms with E-state index in [0.717, 1.165) is 13.2 Å². The highest BCUT2D eigenvalue weighted by Gasteiger charge is 2.34. The molecule has 3 unspecified atom stereocenters. The van der Waals surface area contributed by atoms with Crippen LogP contribution in [0.5, 0.6) is 0 Å². The molecule has 2 fully saturated rings. The summed E-state index contributed by atoms with van der Waals surface area (Å²) in [5.41, 5.74) is -0.626. The van der Waals surface area contributed by atoms with E-state index in [-0.39, 0.29) is 32.0 Å². The molecule has 7 heteroatoms. The lowest BCUT2D eigenvalue weighted by atomic mass is 9.92. The lowest BCUT2D eigenvalue weighted by Gasteiger charge is -2.31. The molecule has 0 radical (unpaired) electrons. The van der Waals surface area contributed by atoms with Crippen molar-refractivity contribution in [1.82, 2.24) is 0 Å². The van der Waals surface area contributed by atoms with Crippen molar-refractivity contribution in [3.8, 4) is 0 Å². The summed E-state index contributed by atoms with van der Waals surface area (Å²) < 4.78 is 26.9. The normalized spacial score (nSPS) is 28.1. The van der Waals surface area contributed by atoms with Crippen LogP contribution in [0.4, 0.5) is 0 Å². The first kappa shape index (κ1) is 17.1. The molecule has 0 aromatic carbocycles. The van der Waals surface area contributed by atoms with E-state index in [1.54, 1.807) is 6.92 Å². The minimum atomic E-state index is -0.626. The van der Waals surface area contributed by atoms with E-state index < -0.39 is 11.5 Å². The Bertz CT molecular complexity index is 257. The highest BCUT2D eigenvalue weighted by molar-refractivity contribution is 4.80. The van der Waals surface area contributed by atoms with Gasteiger partial charge < -0.3 is 33.9 Å². The zero-order chi connectivity index (χ0) is 15.1. The smallest absolute Gasteiger partial charge is 0.104 e. The second kappa shape index (κ2) is 8.38. The summed E-state index contributed by atoms with van der Waals surface area (Å²) in [6, 6.07) is 0. The van der Waals surface area contributed by atoms with Gasteiger partial charge in [0.25, 0.3) is 0 Å². The lowest BCUT2D eigenvalue weighted by Crippen LogP contribution is -2.42. The van der Waals surface area contributed by atoms with Crippen LogP contribution in [0.2, 0.25) is 0 Å². The Morgan fingerprint density at radius 3 is 1.90 bits per heavy atom. The third-order valence-corrected chi connectivity index (χ3v) is 3.33. The van der Waals surface area contributed by atoms with Crippen molar-refractivity contribution in [2.24, 2.45) is 5.41 Å². The van der Waals surface area contributed by atoms with Gasteiger partial charge in [-0.1, -0.05) is 0 Å². The van der Waals surface area contributed by atoms with Crippen molar-refractivity contribution in [2.45, 2.75) is 25.2 Å². The minimum Gasteiger partial charge on any atom is -0.396 e. The van der Waals surface area contributed by atoms with Crippen LogP contribution in [0.3, 0.4) is 0 Å². The number of ether oxygens (including phenoxy) is 5. The Balaban J connectivity index is 1.74. The number of aliphatic hydroxyl groups excluding tert-OH is 2. The average molecular weight is 306 g/mol. The van der Waals surface area contributed by atoms with Gasteiger partial charge in [-0.15, -0.1) is 0 Å². The van der Waals surface area contributed by atoms with Crippen molar-refractivity contribution in [1.29, 1.82) is 0 Å². The maximum atomic E-state index is 9.74. The fourth-order valence-electron chi connectivity index (χ4n) is 1.85. The van der Waals surface area contributed by atoms with Gasteiger partial charge in [0.05, 0.1) is 71.0 Å². The predicted molar refractivity (Wildman–Crippen MR) is 73.1 cm³/mol.